The van der Waals surface area contributed by atoms with Gasteiger partial charge >= 0.3 is 0 Å². The zero-order chi connectivity index (χ0) is 19.2. The van der Waals surface area contributed by atoms with Gasteiger partial charge in [-0.3, -0.25) is 0 Å². The summed E-state index contributed by atoms with van der Waals surface area (Å²) in [4.78, 5) is 12.8. The molecule has 1 saturated heterocycles. The fraction of sp³-hybridized carbons (Fsp3) is 0.429. The first-order valence-electron chi connectivity index (χ1n) is 9.85. The van der Waals surface area contributed by atoms with Crippen LogP contribution < -0.4 is 5.32 Å². The Morgan fingerprint density at radius 3 is 3.11 bits per heavy atom. The van der Waals surface area contributed by atoms with E-state index in [0.717, 1.165) is 44.2 Å². The van der Waals surface area contributed by atoms with Gasteiger partial charge < -0.3 is 19.2 Å². The minimum atomic E-state index is 0.412. The van der Waals surface area contributed by atoms with Gasteiger partial charge in [0.25, 0.3) is 0 Å². The van der Waals surface area contributed by atoms with Crippen LogP contribution in [0.5, 0.6) is 0 Å². The number of rotatable bonds is 6. The van der Waals surface area contributed by atoms with E-state index in [2.05, 4.69) is 50.4 Å². The van der Waals surface area contributed by atoms with Crippen molar-refractivity contribution >= 4 is 17.3 Å². The summed E-state index contributed by atoms with van der Waals surface area (Å²) in [6.45, 7) is 5.80. The largest absolute Gasteiger partial charge is 0.469 e. The zero-order valence-corrected chi connectivity index (χ0v) is 17.0. The third-order valence-electron chi connectivity index (χ3n) is 5.33. The van der Waals surface area contributed by atoms with E-state index in [1.54, 1.807) is 17.6 Å². The van der Waals surface area contributed by atoms with Crippen molar-refractivity contribution in [3.05, 3.63) is 65.3 Å². The van der Waals surface area contributed by atoms with Crippen LogP contribution in [0.25, 0.3) is 0 Å². The van der Waals surface area contributed by atoms with E-state index in [-0.39, 0.29) is 0 Å². The fourth-order valence-corrected chi connectivity index (χ4v) is 4.30. The predicted molar refractivity (Wildman–Crippen MR) is 112 cm³/mol. The molecule has 148 valence electrons. The second-order valence-corrected chi connectivity index (χ2v) is 8.30. The van der Waals surface area contributed by atoms with Gasteiger partial charge in [-0.05, 0) is 35.9 Å². The molecule has 6 nitrogen and oxygen atoms in total. The van der Waals surface area contributed by atoms with E-state index >= 15 is 0 Å². The maximum atomic E-state index is 5.46. The lowest BCUT2D eigenvalue weighted by Crippen LogP contribution is -2.49. The summed E-state index contributed by atoms with van der Waals surface area (Å²) >= 11 is 1.75. The van der Waals surface area contributed by atoms with Crippen LogP contribution in [0, 0.1) is 5.92 Å². The first-order chi connectivity index (χ1) is 13.8. The van der Waals surface area contributed by atoms with Crippen LogP contribution in [0.4, 0.5) is 0 Å². The second kappa shape index (κ2) is 9.10. The molecule has 0 aliphatic carbocycles. The standard InChI is InChI=1S/C21H27N5OS/c1-17-7-10-25(15-20(17)26-11-9-22-16-26)21(24-14-19-5-3-13-28-19)23-8-6-18-4-2-12-27-18/h2-5,9,11-13,16-17,20H,6-8,10,14-15H2,1H3,(H,23,24). The Labute approximate surface area is 169 Å². The van der Waals surface area contributed by atoms with Gasteiger partial charge in [0, 0.05) is 43.3 Å². The maximum absolute atomic E-state index is 5.46. The van der Waals surface area contributed by atoms with Crippen LogP contribution in [0.3, 0.4) is 0 Å². The molecule has 2 atom stereocenters. The van der Waals surface area contributed by atoms with E-state index < -0.39 is 0 Å². The van der Waals surface area contributed by atoms with Crippen molar-refractivity contribution in [2.24, 2.45) is 10.9 Å². The molecule has 0 saturated carbocycles. The smallest absolute Gasteiger partial charge is 0.194 e. The highest BCUT2D eigenvalue weighted by Gasteiger charge is 2.29. The van der Waals surface area contributed by atoms with Gasteiger partial charge in [0.05, 0.1) is 25.2 Å². The fourth-order valence-electron chi connectivity index (χ4n) is 3.67. The number of furan rings is 1. The van der Waals surface area contributed by atoms with E-state index in [1.807, 2.05) is 24.7 Å². The number of imidazole rings is 1. The molecule has 0 spiro atoms. The van der Waals surface area contributed by atoms with Crippen LogP contribution >= 0.6 is 11.3 Å². The Bertz CT molecular complexity index is 842. The third kappa shape index (κ3) is 4.65. The molecule has 0 aromatic carbocycles. The van der Waals surface area contributed by atoms with Crippen LogP contribution in [0.15, 0.2) is 64.0 Å². The minimum Gasteiger partial charge on any atom is -0.469 e. The third-order valence-corrected chi connectivity index (χ3v) is 6.19. The van der Waals surface area contributed by atoms with Crippen molar-refractivity contribution in [2.75, 3.05) is 19.6 Å². The number of aliphatic imine (C=N–C) groups is 1. The molecule has 0 radical (unpaired) electrons. The molecule has 0 bridgehead atoms. The number of hydrogen-bond donors (Lipinski definition) is 1. The van der Waals surface area contributed by atoms with E-state index in [1.165, 1.54) is 4.88 Å². The summed E-state index contributed by atoms with van der Waals surface area (Å²) < 4.78 is 7.69. The number of nitrogens with one attached hydrogen (secondary N) is 1. The lowest BCUT2D eigenvalue weighted by molar-refractivity contribution is 0.189. The van der Waals surface area contributed by atoms with Crippen molar-refractivity contribution in [3.8, 4) is 0 Å². The van der Waals surface area contributed by atoms with Crippen molar-refractivity contribution in [1.29, 1.82) is 0 Å². The highest BCUT2D eigenvalue weighted by Crippen LogP contribution is 2.27. The Morgan fingerprint density at radius 1 is 1.39 bits per heavy atom. The van der Waals surface area contributed by atoms with Gasteiger partial charge in [0.15, 0.2) is 5.96 Å². The lowest BCUT2D eigenvalue weighted by Gasteiger charge is -2.39. The molecule has 1 aliphatic heterocycles. The first kappa shape index (κ1) is 18.8. The summed E-state index contributed by atoms with van der Waals surface area (Å²) in [5, 5.41) is 5.67. The van der Waals surface area contributed by atoms with Gasteiger partial charge in [0.1, 0.15) is 5.76 Å². The number of hydrogen-bond acceptors (Lipinski definition) is 4. The van der Waals surface area contributed by atoms with E-state index in [4.69, 9.17) is 9.41 Å². The number of guanidine groups is 1. The van der Waals surface area contributed by atoms with E-state index in [0.29, 0.717) is 18.5 Å². The summed E-state index contributed by atoms with van der Waals surface area (Å²) in [5.74, 6) is 2.60. The number of aromatic nitrogens is 2. The molecule has 7 heteroatoms. The molecular formula is C21H27N5OS. The van der Waals surface area contributed by atoms with Crippen molar-refractivity contribution in [1.82, 2.24) is 19.8 Å². The van der Waals surface area contributed by atoms with Crippen molar-refractivity contribution in [3.63, 3.8) is 0 Å². The molecule has 1 aliphatic rings. The van der Waals surface area contributed by atoms with Gasteiger partial charge in [-0.15, -0.1) is 11.3 Å². The first-order valence-corrected chi connectivity index (χ1v) is 10.7. The molecule has 0 amide bonds. The number of nitrogens with zero attached hydrogens (tertiary/aromatic N) is 4. The van der Waals surface area contributed by atoms with Gasteiger partial charge in [-0.2, -0.15) is 0 Å². The monoisotopic (exact) mass is 397 g/mol. The highest BCUT2D eigenvalue weighted by atomic mass is 32.1. The molecule has 3 aromatic rings. The molecule has 3 aromatic heterocycles. The van der Waals surface area contributed by atoms with Crippen LogP contribution in [-0.2, 0) is 13.0 Å². The Morgan fingerprint density at radius 2 is 2.36 bits per heavy atom. The molecule has 4 rings (SSSR count). The molecular weight excluding hydrogens is 370 g/mol. The van der Waals surface area contributed by atoms with Gasteiger partial charge in [-0.1, -0.05) is 13.0 Å². The Hall–Kier alpha value is -2.54. The maximum Gasteiger partial charge on any atom is 0.194 e. The Kier molecular flexibility index (Phi) is 6.11. The summed E-state index contributed by atoms with van der Waals surface area (Å²) in [5.41, 5.74) is 0. The average Bonchev–Trinajstić information content (AvgIpc) is 3.49. The summed E-state index contributed by atoms with van der Waals surface area (Å²) in [7, 11) is 0. The minimum absolute atomic E-state index is 0.412. The molecule has 28 heavy (non-hydrogen) atoms. The van der Waals surface area contributed by atoms with Crippen molar-refractivity contribution < 1.29 is 4.42 Å². The van der Waals surface area contributed by atoms with Crippen LogP contribution in [0.2, 0.25) is 0 Å². The average molecular weight is 398 g/mol. The number of thiophene rings is 1. The Balaban J connectivity index is 1.45. The van der Waals surface area contributed by atoms with E-state index in [9.17, 15) is 0 Å². The number of likely N-dealkylation sites (tertiary alicyclic amines) is 1. The lowest BCUT2D eigenvalue weighted by atomic mass is 9.93. The molecule has 1 N–H and O–H groups in total. The van der Waals surface area contributed by atoms with Crippen LogP contribution in [0.1, 0.15) is 30.0 Å². The summed E-state index contributed by atoms with van der Waals surface area (Å²) in [6, 6.07) is 8.58. The number of piperidine rings is 1. The second-order valence-electron chi connectivity index (χ2n) is 7.26. The molecule has 1 fully saturated rings. The zero-order valence-electron chi connectivity index (χ0n) is 16.2. The highest BCUT2D eigenvalue weighted by molar-refractivity contribution is 7.09. The summed E-state index contributed by atoms with van der Waals surface area (Å²) in [6.07, 6.45) is 9.57. The SMILES string of the molecule is CC1CCN(C(=NCc2cccs2)NCCc2ccco2)CC1n1ccnc1. The quantitative estimate of drug-likeness (QED) is 0.508. The molecule has 4 heterocycles. The van der Waals surface area contributed by atoms with Crippen LogP contribution in [-0.4, -0.2) is 40.0 Å². The predicted octanol–water partition coefficient (Wildman–Crippen LogP) is 3.81. The van der Waals surface area contributed by atoms with Gasteiger partial charge in [-0.25, -0.2) is 9.98 Å². The normalized spacial score (nSPS) is 20.5. The topological polar surface area (TPSA) is 58.6 Å². The van der Waals surface area contributed by atoms with Crippen molar-refractivity contribution in [2.45, 2.75) is 32.4 Å². The molecule has 2 unspecified atom stereocenters. The van der Waals surface area contributed by atoms with Gasteiger partial charge in [0.2, 0.25) is 0 Å².